The van der Waals surface area contributed by atoms with E-state index in [-0.39, 0.29) is 18.2 Å². The summed E-state index contributed by atoms with van der Waals surface area (Å²) in [4.78, 5) is 3.85. The summed E-state index contributed by atoms with van der Waals surface area (Å²) in [6, 6.07) is 1.83. The zero-order chi connectivity index (χ0) is 7.56. The first-order chi connectivity index (χ1) is 4.72. The molecule has 0 unspecified atom stereocenters. The molecule has 0 aromatic carbocycles. The van der Waals surface area contributed by atoms with Gasteiger partial charge in [-0.15, -0.1) is 12.4 Å². The highest BCUT2D eigenvalue weighted by Crippen LogP contribution is 2.02. The van der Waals surface area contributed by atoms with Crippen molar-refractivity contribution >= 4 is 18.2 Å². The minimum Gasteiger partial charge on any atom is -0.384 e. The second-order valence-electron chi connectivity index (χ2n) is 2.10. The number of nitrogens with one attached hydrogen (secondary N) is 1. The third-order valence-corrected chi connectivity index (χ3v) is 1.33. The first-order valence-corrected chi connectivity index (χ1v) is 2.97. The van der Waals surface area contributed by atoms with E-state index < -0.39 is 0 Å². The highest BCUT2D eigenvalue weighted by Gasteiger charge is 1.97. The molecule has 0 bridgehead atoms. The molecule has 0 atom stereocenters. The Hall–Kier alpha value is -1.09. The van der Waals surface area contributed by atoms with Crippen LogP contribution in [0, 0.1) is 12.3 Å². The van der Waals surface area contributed by atoms with Crippen molar-refractivity contribution in [3.63, 3.8) is 0 Å². The molecule has 0 aliphatic rings. The van der Waals surface area contributed by atoms with Gasteiger partial charge in [-0.05, 0) is 18.6 Å². The maximum atomic E-state index is 7.11. The van der Waals surface area contributed by atoms with Gasteiger partial charge in [0.25, 0.3) is 0 Å². The Morgan fingerprint density at radius 3 is 2.64 bits per heavy atom. The summed E-state index contributed by atoms with van der Waals surface area (Å²) >= 11 is 0. The smallest absolute Gasteiger partial charge is 0.124 e. The Morgan fingerprint density at radius 1 is 1.64 bits per heavy atom. The van der Waals surface area contributed by atoms with E-state index in [4.69, 9.17) is 11.1 Å². The van der Waals surface area contributed by atoms with E-state index in [1.54, 1.807) is 12.4 Å². The quantitative estimate of drug-likeness (QED) is 0.491. The lowest BCUT2D eigenvalue weighted by Crippen LogP contribution is -2.12. The van der Waals surface area contributed by atoms with Gasteiger partial charge >= 0.3 is 0 Å². The SMILES string of the molecule is Cc1ccncc1C(=N)N.Cl. The van der Waals surface area contributed by atoms with Gasteiger partial charge in [-0.1, -0.05) is 0 Å². The minimum atomic E-state index is 0. The number of amidine groups is 1. The van der Waals surface area contributed by atoms with Crippen molar-refractivity contribution in [2.75, 3.05) is 0 Å². The van der Waals surface area contributed by atoms with Crippen molar-refractivity contribution in [3.8, 4) is 0 Å². The third kappa shape index (κ3) is 2.20. The van der Waals surface area contributed by atoms with Gasteiger partial charge in [-0.2, -0.15) is 0 Å². The summed E-state index contributed by atoms with van der Waals surface area (Å²) in [5.41, 5.74) is 6.96. The molecule has 0 saturated heterocycles. The van der Waals surface area contributed by atoms with Crippen LogP contribution in [0.4, 0.5) is 0 Å². The van der Waals surface area contributed by atoms with Crippen LogP contribution in [0.5, 0.6) is 0 Å². The summed E-state index contributed by atoms with van der Waals surface area (Å²) in [7, 11) is 0. The molecule has 1 aromatic rings. The largest absolute Gasteiger partial charge is 0.384 e. The molecule has 11 heavy (non-hydrogen) atoms. The number of nitrogens with zero attached hydrogens (tertiary/aromatic N) is 1. The van der Waals surface area contributed by atoms with Gasteiger partial charge in [-0.3, -0.25) is 10.4 Å². The van der Waals surface area contributed by atoms with Crippen LogP contribution in [-0.2, 0) is 0 Å². The second-order valence-corrected chi connectivity index (χ2v) is 2.10. The van der Waals surface area contributed by atoms with Crippen molar-refractivity contribution in [1.29, 1.82) is 5.41 Å². The molecule has 3 N–H and O–H groups in total. The zero-order valence-electron chi connectivity index (χ0n) is 6.16. The fraction of sp³-hybridized carbons (Fsp3) is 0.143. The van der Waals surface area contributed by atoms with Crippen LogP contribution in [0.2, 0.25) is 0 Å². The van der Waals surface area contributed by atoms with Gasteiger partial charge in [-0.25, -0.2) is 0 Å². The molecule has 3 nitrogen and oxygen atoms in total. The van der Waals surface area contributed by atoms with E-state index in [1.807, 2.05) is 13.0 Å². The number of hydrogen-bond acceptors (Lipinski definition) is 2. The standard InChI is InChI=1S/C7H9N3.ClH/c1-5-2-3-10-4-6(5)7(8)9;/h2-4H,1H3,(H3,8,9);1H. The molecule has 0 aliphatic carbocycles. The molecular formula is C7H10ClN3. The maximum absolute atomic E-state index is 7.11. The molecular weight excluding hydrogens is 162 g/mol. The monoisotopic (exact) mass is 171 g/mol. The first-order valence-electron chi connectivity index (χ1n) is 2.97. The van der Waals surface area contributed by atoms with Crippen LogP contribution in [-0.4, -0.2) is 10.8 Å². The Labute approximate surface area is 71.6 Å². The molecule has 1 rings (SSSR count). The van der Waals surface area contributed by atoms with Gasteiger partial charge in [0.2, 0.25) is 0 Å². The summed E-state index contributed by atoms with van der Waals surface area (Å²) in [5.74, 6) is 0.0746. The minimum absolute atomic E-state index is 0. The van der Waals surface area contributed by atoms with Crippen molar-refractivity contribution in [2.45, 2.75) is 6.92 Å². The summed E-state index contributed by atoms with van der Waals surface area (Å²) in [6.07, 6.45) is 3.28. The van der Waals surface area contributed by atoms with E-state index in [1.165, 1.54) is 0 Å². The van der Waals surface area contributed by atoms with Crippen LogP contribution >= 0.6 is 12.4 Å². The van der Waals surface area contributed by atoms with Gasteiger partial charge in [0.15, 0.2) is 0 Å². The average molecular weight is 172 g/mol. The van der Waals surface area contributed by atoms with Gasteiger partial charge in [0, 0.05) is 18.0 Å². The van der Waals surface area contributed by atoms with Crippen LogP contribution in [0.3, 0.4) is 0 Å². The highest BCUT2D eigenvalue weighted by molar-refractivity contribution is 5.95. The predicted molar refractivity (Wildman–Crippen MR) is 47.2 cm³/mol. The zero-order valence-corrected chi connectivity index (χ0v) is 6.98. The van der Waals surface area contributed by atoms with Gasteiger partial charge in [0.05, 0.1) is 0 Å². The number of pyridine rings is 1. The van der Waals surface area contributed by atoms with E-state index in [0.717, 1.165) is 5.56 Å². The number of halogens is 1. The van der Waals surface area contributed by atoms with Crippen molar-refractivity contribution in [1.82, 2.24) is 4.98 Å². The van der Waals surface area contributed by atoms with Crippen molar-refractivity contribution < 1.29 is 0 Å². The molecule has 0 aliphatic heterocycles. The summed E-state index contributed by atoms with van der Waals surface area (Å²) < 4.78 is 0. The number of rotatable bonds is 1. The fourth-order valence-corrected chi connectivity index (χ4v) is 0.746. The molecule has 0 fully saturated rings. The number of aryl methyl sites for hydroxylation is 1. The maximum Gasteiger partial charge on any atom is 0.124 e. The van der Waals surface area contributed by atoms with Crippen LogP contribution in [0.25, 0.3) is 0 Å². The Bertz CT molecular complexity index is 260. The molecule has 0 saturated carbocycles. The highest BCUT2D eigenvalue weighted by atomic mass is 35.5. The van der Waals surface area contributed by atoms with E-state index in [0.29, 0.717) is 5.56 Å². The second kappa shape index (κ2) is 3.93. The Morgan fingerprint density at radius 2 is 2.27 bits per heavy atom. The Balaban J connectivity index is 0.000001000. The third-order valence-electron chi connectivity index (χ3n) is 1.33. The summed E-state index contributed by atoms with van der Waals surface area (Å²) in [5, 5.41) is 7.11. The predicted octanol–water partition coefficient (Wildman–Crippen LogP) is 1.10. The molecule has 1 heterocycles. The summed E-state index contributed by atoms with van der Waals surface area (Å²) in [6.45, 7) is 1.90. The molecule has 4 heteroatoms. The van der Waals surface area contributed by atoms with Crippen molar-refractivity contribution in [2.24, 2.45) is 5.73 Å². The fourth-order valence-electron chi connectivity index (χ4n) is 0.746. The van der Waals surface area contributed by atoms with Gasteiger partial charge < -0.3 is 5.73 Å². The first kappa shape index (κ1) is 9.91. The lowest BCUT2D eigenvalue weighted by molar-refractivity contribution is 1.25. The van der Waals surface area contributed by atoms with Gasteiger partial charge in [0.1, 0.15) is 5.84 Å². The van der Waals surface area contributed by atoms with E-state index in [9.17, 15) is 0 Å². The molecule has 0 amide bonds. The van der Waals surface area contributed by atoms with Crippen LogP contribution in [0.15, 0.2) is 18.5 Å². The Kier molecular flexibility index (Phi) is 3.54. The van der Waals surface area contributed by atoms with Crippen molar-refractivity contribution in [3.05, 3.63) is 29.6 Å². The average Bonchev–Trinajstić information content (AvgIpc) is 1.88. The number of hydrogen-bond donors (Lipinski definition) is 2. The topological polar surface area (TPSA) is 62.8 Å². The van der Waals surface area contributed by atoms with E-state index in [2.05, 4.69) is 4.98 Å². The molecule has 60 valence electrons. The molecule has 0 radical (unpaired) electrons. The lowest BCUT2D eigenvalue weighted by atomic mass is 10.1. The van der Waals surface area contributed by atoms with Crippen LogP contribution in [0.1, 0.15) is 11.1 Å². The molecule has 0 spiro atoms. The molecule has 1 aromatic heterocycles. The number of nitrogens with two attached hydrogens (primary N) is 1. The lowest BCUT2D eigenvalue weighted by Gasteiger charge is -1.99. The van der Waals surface area contributed by atoms with E-state index >= 15 is 0 Å². The normalized spacial score (nSPS) is 8.45. The number of nitrogen functional groups attached to an aromatic ring is 1. The van der Waals surface area contributed by atoms with Crippen LogP contribution < -0.4 is 5.73 Å². The number of aromatic nitrogens is 1.